The smallest absolute Gasteiger partial charge is 0.318 e. The van der Waals surface area contributed by atoms with Gasteiger partial charge in [0.1, 0.15) is 0 Å². The van der Waals surface area contributed by atoms with Gasteiger partial charge in [0.25, 0.3) is 0 Å². The van der Waals surface area contributed by atoms with Gasteiger partial charge in [0.15, 0.2) is 0 Å². The number of rotatable bonds is 4. The molecule has 0 spiro atoms. The summed E-state index contributed by atoms with van der Waals surface area (Å²) in [5, 5.41) is 13.6. The number of para-hydroxylation sites is 1. The zero-order valence-electron chi connectivity index (χ0n) is 9.68. The second kappa shape index (κ2) is 5.96. The van der Waals surface area contributed by atoms with E-state index in [0.29, 0.717) is 5.16 Å². The fourth-order valence-electron chi connectivity index (χ4n) is 1.30. The molecule has 0 fully saturated rings. The van der Waals surface area contributed by atoms with Gasteiger partial charge in [-0.3, -0.25) is 10.1 Å². The van der Waals surface area contributed by atoms with Crippen LogP contribution in [0.25, 0.3) is 5.69 Å². The van der Waals surface area contributed by atoms with Gasteiger partial charge < -0.3 is 5.73 Å². The first kappa shape index (κ1) is 13.0. The second-order valence-corrected chi connectivity index (χ2v) is 4.35. The third kappa shape index (κ3) is 3.52. The number of nitrogens with two attached hydrogens (primary N) is 1. The first-order valence-electron chi connectivity index (χ1n) is 5.22. The fraction of sp³-hybridized carbons (Fsp3) is 0.100. The first-order valence-corrected chi connectivity index (χ1v) is 6.21. The summed E-state index contributed by atoms with van der Waals surface area (Å²) >= 11 is 1.11. The molecule has 1 aromatic heterocycles. The maximum Gasteiger partial charge on any atom is 0.318 e. The number of carbonyl (C=O) groups excluding carboxylic acids is 2. The van der Waals surface area contributed by atoms with Crippen molar-refractivity contribution in [1.82, 2.24) is 25.5 Å². The van der Waals surface area contributed by atoms with Gasteiger partial charge in [-0.25, -0.2) is 4.79 Å². The van der Waals surface area contributed by atoms with Gasteiger partial charge in [-0.2, -0.15) is 4.68 Å². The molecule has 0 aliphatic carbocycles. The molecule has 2 rings (SSSR count). The van der Waals surface area contributed by atoms with Crippen molar-refractivity contribution < 1.29 is 9.59 Å². The van der Waals surface area contributed by atoms with Crippen LogP contribution in [0.4, 0.5) is 4.79 Å². The molecule has 1 heterocycles. The Kier molecular flexibility index (Phi) is 4.08. The molecular weight excluding hydrogens is 268 g/mol. The number of urea groups is 1. The Morgan fingerprint density at radius 3 is 2.74 bits per heavy atom. The molecule has 0 saturated heterocycles. The summed E-state index contributed by atoms with van der Waals surface area (Å²) < 4.78 is 1.50. The summed E-state index contributed by atoms with van der Waals surface area (Å²) in [5.41, 5.74) is 5.62. The maximum absolute atomic E-state index is 11.3. The van der Waals surface area contributed by atoms with Crippen molar-refractivity contribution in [2.75, 3.05) is 5.75 Å². The molecule has 9 heteroatoms. The first-order chi connectivity index (χ1) is 9.16. The normalized spacial score (nSPS) is 10.1. The number of hydrogen-bond donors (Lipinski definition) is 2. The average Bonchev–Trinajstić information content (AvgIpc) is 2.85. The summed E-state index contributed by atoms with van der Waals surface area (Å²) in [6.07, 6.45) is 0. The molecule has 1 aromatic carbocycles. The molecule has 0 unspecified atom stereocenters. The van der Waals surface area contributed by atoms with Crippen LogP contribution in [-0.4, -0.2) is 37.9 Å². The lowest BCUT2D eigenvalue weighted by Crippen LogP contribution is -2.36. The number of tetrazole rings is 1. The lowest BCUT2D eigenvalue weighted by Gasteiger charge is -2.03. The molecule has 0 aliphatic heterocycles. The molecule has 98 valence electrons. The van der Waals surface area contributed by atoms with Crippen molar-refractivity contribution in [3.63, 3.8) is 0 Å². The van der Waals surface area contributed by atoms with Crippen molar-refractivity contribution in [3.05, 3.63) is 30.3 Å². The lowest BCUT2D eigenvalue weighted by molar-refractivity contribution is -0.117. The summed E-state index contributed by atoms with van der Waals surface area (Å²) in [6.45, 7) is 0. The zero-order chi connectivity index (χ0) is 13.7. The van der Waals surface area contributed by atoms with Gasteiger partial charge in [0, 0.05) is 0 Å². The fourth-order valence-corrected chi connectivity index (χ4v) is 1.99. The van der Waals surface area contributed by atoms with Crippen molar-refractivity contribution in [1.29, 1.82) is 0 Å². The van der Waals surface area contributed by atoms with Crippen LogP contribution in [0.5, 0.6) is 0 Å². The van der Waals surface area contributed by atoms with Crippen molar-refractivity contribution >= 4 is 23.7 Å². The number of nitrogens with one attached hydrogen (secondary N) is 1. The number of imide groups is 1. The van der Waals surface area contributed by atoms with E-state index >= 15 is 0 Å². The third-order valence-electron chi connectivity index (χ3n) is 2.04. The summed E-state index contributed by atoms with van der Waals surface area (Å²) in [5.74, 6) is -0.504. The Labute approximate surface area is 112 Å². The molecule has 0 bridgehead atoms. The van der Waals surface area contributed by atoms with E-state index in [2.05, 4.69) is 15.5 Å². The van der Waals surface area contributed by atoms with Gasteiger partial charge in [-0.05, 0) is 22.6 Å². The summed E-state index contributed by atoms with van der Waals surface area (Å²) in [7, 11) is 0. The van der Waals surface area contributed by atoms with E-state index in [0.717, 1.165) is 17.4 Å². The number of thioether (sulfide) groups is 1. The van der Waals surface area contributed by atoms with Crippen LogP contribution >= 0.6 is 11.8 Å². The average molecular weight is 278 g/mol. The van der Waals surface area contributed by atoms with Crippen LogP contribution in [0.3, 0.4) is 0 Å². The number of nitrogens with zero attached hydrogens (tertiary/aromatic N) is 4. The van der Waals surface area contributed by atoms with Gasteiger partial charge in [0.05, 0.1) is 11.4 Å². The van der Waals surface area contributed by atoms with E-state index in [1.807, 2.05) is 35.6 Å². The molecule has 0 atom stereocenters. The van der Waals surface area contributed by atoms with Crippen LogP contribution < -0.4 is 11.1 Å². The van der Waals surface area contributed by atoms with E-state index in [1.54, 1.807) is 0 Å². The topological polar surface area (TPSA) is 116 Å². The highest BCUT2D eigenvalue weighted by Crippen LogP contribution is 2.17. The van der Waals surface area contributed by atoms with Gasteiger partial charge in [0.2, 0.25) is 11.1 Å². The van der Waals surface area contributed by atoms with E-state index in [1.165, 1.54) is 4.68 Å². The van der Waals surface area contributed by atoms with E-state index < -0.39 is 11.9 Å². The summed E-state index contributed by atoms with van der Waals surface area (Å²) in [6, 6.07) is 8.37. The van der Waals surface area contributed by atoms with E-state index in [4.69, 9.17) is 5.73 Å². The van der Waals surface area contributed by atoms with E-state index in [9.17, 15) is 9.59 Å². The largest absolute Gasteiger partial charge is 0.351 e. The number of amides is 3. The second-order valence-electron chi connectivity index (χ2n) is 3.41. The Morgan fingerprint density at radius 1 is 1.32 bits per heavy atom. The third-order valence-corrected chi connectivity index (χ3v) is 2.96. The highest BCUT2D eigenvalue weighted by Gasteiger charge is 2.11. The molecule has 19 heavy (non-hydrogen) atoms. The monoisotopic (exact) mass is 278 g/mol. The van der Waals surface area contributed by atoms with Gasteiger partial charge in [-0.15, -0.1) is 5.10 Å². The molecule has 0 aliphatic rings. The predicted octanol–water partition coefficient (Wildman–Crippen LogP) is -0.0507. The number of aromatic nitrogens is 4. The number of primary amides is 1. The zero-order valence-corrected chi connectivity index (χ0v) is 10.5. The SMILES string of the molecule is NC(=O)NC(=O)CSc1nnnn1-c1ccccc1. The van der Waals surface area contributed by atoms with Crippen molar-refractivity contribution in [3.8, 4) is 5.69 Å². The minimum atomic E-state index is -0.881. The van der Waals surface area contributed by atoms with Crippen LogP contribution in [0, 0.1) is 0 Å². The van der Waals surface area contributed by atoms with Crippen LogP contribution in [0.1, 0.15) is 0 Å². The Morgan fingerprint density at radius 2 is 2.05 bits per heavy atom. The molecular formula is C10H10N6O2S. The maximum atomic E-state index is 11.3. The Balaban J connectivity index is 2.05. The van der Waals surface area contributed by atoms with Crippen LogP contribution in [0.2, 0.25) is 0 Å². The van der Waals surface area contributed by atoms with Gasteiger partial charge in [-0.1, -0.05) is 30.0 Å². The minimum Gasteiger partial charge on any atom is -0.351 e. The minimum absolute atomic E-state index is 0.00382. The predicted molar refractivity (Wildman–Crippen MR) is 67.6 cm³/mol. The molecule has 2 aromatic rings. The van der Waals surface area contributed by atoms with Crippen molar-refractivity contribution in [2.45, 2.75) is 5.16 Å². The van der Waals surface area contributed by atoms with Crippen LogP contribution in [0.15, 0.2) is 35.5 Å². The van der Waals surface area contributed by atoms with E-state index in [-0.39, 0.29) is 5.75 Å². The molecule has 0 saturated carbocycles. The number of hydrogen-bond acceptors (Lipinski definition) is 6. The number of carbonyl (C=O) groups is 2. The van der Waals surface area contributed by atoms with Gasteiger partial charge >= 0.3 is 6.03 Å². The number of benzene rings is 1. The molecule has 3 N–H and O–H groups in total. The molecule has 3 amide bonds. The molecule has 8 nitrogen and oxygen atoms in total. The Bertz CT molecular complexity index is 585. The highest BCUT2D eigenvalue weighted by molar-refractivity contribution is 7.99. The Hall–Kier alpha value is -2.42. The lowest BCUT2D eigenvalue weighted by atomic mass is 10.3. The summed E-state index contributed by atoms with van der Waals surface area (Å²) in [4.78, 5) is 21.8. The van der Waals surface area contributed by atoms with Crippen molar-refractivity contribution in [2.24, 2.45) is 5.73 Å². The quantitative estimate of drug-likeness (QED) is 0.757. The van der Waals surface area contributed by atoms with Crippen LogP contribution in [-0.2, 0) is 4.79 Å². The molecule has 0 radical (unpaired) electrons. The standard InChI is InChI=1S/C10H10N6O2S/c11-9(18)12-8(17)6-19-10-13-14-15-16(10)7-4-2-1-3-5-7/h1-5H,6H2,(H3,11,12,17,18). The highest BCUT2D eigenvalue weighted by atomic mass is 32.2.